The maximum atomic E-state index is 12.1. The van der Waals surface area contributed by atoms with E-state index in [4.69, 9.17) is 0 Å². The summed E-state index contributed by atoms with van der Waals surface area (Å²) >= 11 is 8.05. The van der Waals surface area contributed by atoms with E-state index in [0.29, 0.717) is 11.3 Å². The van der Waals surface area contributed by atoms with Crippen molar-refractivity contribution in [1.82, 2.24) is 0 Å². The van der Waals surface area contributed by atoms with E-state index in [1.807, 2.05) is 0 Å². The highest BCUT2D eigenvalue weighted by atomic mass is 79.9. The fourth-order valence-electron chi connectivity index (χ4n) is 1.61. The highest BCUT2D eigenvalue weighted by molar-refractivity contribution is 9.12. The van der Waals surface area contributed by atoms with Gasteiger partial charge in [-0.1, -0.05) is 6.92 Å². The van der Waals surface area contributed by atoms with Crippen molar-refractivity contribution < 1.29 is 13.2 Å². The Labute approximate surface area is 143 Å². The zero-order chi connectivity index (χ0) is 15.6. The summed E-state index contributed by atoms with van der Waals surface area (Å²) in [5.41, 5.74) is 1.07. The van der Waals surface area contributed by atoms with Gasteiger partial charge in [-0.3, -0.25) is 4.79 Å². The lowest BCUT2D eigenvalue weighted by Gasteiger charge is -2.06. The molecule has 2 rings (SSSR count). The summed E-state index contributed by atoms with van der Waals surface area (Å²) in [7, 11) is -3.22. The monoisotopic (exact) mass is 451 g/mol. The van der Waals surface area contributed by atoms with E-state index in [0.717, 1.165) is 7.57 Å². The number of thiophene rings is 1. The Morgan fingerprint density at radius 3 is 2.33 bits per heavy atom. The van der Waals surface area contributed by atoms with E-state index in [9.17, 15) is 13.2 Å². The van der Waals surface area contributed by atoms with E-state index in [-0.39, 0.29) is 16.6 Å². The van der Waals surface area contributed by atoms with Crippen molar-refractivity contribution in [3.05, 3.63) is 43.5 Å². The van der Waals surface area contributed by atoms with Crippen LogP contribution in [0.15, 0.2) is 42.8 Å². The van der Waals surface area contributed by atoms with Crippen molar-refractivity contribution >= 4 is 64.6 Å². The van der Waals surface area contributed by atoms with Gasteiger partial charge in [-0.2, -0.15) is 0 Å². The van der Waals surface area contributed by atoms with E-state index in [1.54, 1.807) is 25.1 Å². The molecule has 0 aliphatic heterocycles. The van der Waals surface area contributed by atoms with Gasteiger partial charge in [0, 0.05) is 5.69 Å². The Hall–Kier alpha value is -0.700. The van der Waals surface area contributed by atoms with Crippen LogP contribution in [-0.4, -0.2) is 20.1 Å². The lowest BCUT2D eigenvalue weighted by molar-refractivity contribution is 0.102. The molecule has 4 nitrogen and oxygen atoms in total. The van der Waals surface area contributed by atoms with E-state index >= 15 is 0 Å². The van der Waals surface area contributed by atoms with Gasteiger partial charge in [-0.15, -0.1) is 11.3 Å². The number of rotatable bonds is 4. The molecule has 0 spiro atoms. The van der Waals surface area contributed by atoms with Crippen molar-refractivity contribution in [1.29, 1.82) is 0 Å². The third-order valence-corrected chi connectivity index (χ3v) is 6.84. The van der Waals surface area contributed by atoms with Crippen molar-refractivity contribution in [3.8, 4) is 0 Å². The SMILES string of the molecule is CCS(=O)(=O)c1ccc(NC(=O)c2cc(Br)sc2Br)cc1. The van der Waals surface area contributed by atoms with Crippen molar-refractivity contribution in [2.45, 2.75) is 11.8 Å². The number of nitrogens with one attached hydrogen (secondary N) is 1. The Balaban J connectivity index is 2.18. The fraction of sp³-hybridized carbons (Fsp3) is 0.154. The number of carbonyl (C=O) groups is 1. The second-order valence-electron chi connectivity index (χ2n) is 4.12. The van der Waals surface area contributed by atoms with Gasteiger partial charge in [0.2, 0.25) is 0 Å². The van der Waals surface area contributed by atoms with Crippen molar-refractivity contribution in [2.75, 3.05) is 11.1 Å². The van der Waals surface area contributed by atoms with Crippen LogP contribution in [-0.2, 0) is 9.84 Å². The fourth-order valence-corrected chi connectivity index (χ4v) is 5.28. The lowest BCUT2D eigenvalue weighted by Crippen LogP contribution is -2.11. The van der Waals surface area contributed by atoms with Crippen LogP contribution in [0.25, 0.3) is 0 Å². The van der Waals surface area contributed by atoms with Crippen LogP contribution < -0.4 is 5.32 Å². The molecule has 1 amide bonds. The summed E-state index contributed by atoms with van der Waals surface area (Å²) in [5, 5.41) is 2.73. The second kappa shape index (κ2) is 6.60. The molecule has 0 aliphatic carbocycles. The van der Waals surface area contributed by atoms with Gasteiger partial charge >= 0.3 is 0 Å². The van der Waals surface area contributed by atoms with Gasteiger partial charge in [0.1, 0.15) is 0 Å². The van der Waals surface area contributed by atoms with Crippen LogP contribution >= 0.6 is 43.2 Å². The molecule has 0 fully saturated rings. The third-order valence-electron chi connectivity index (χ3n) is 2.75. The molecule has 0 saturated heterocycles. The van der Waals surface area contributed by atoms with Crippen LogP contribution in [0.5, 0.6) is 0 Å². The molecule has 1 aromatic carbocycles. The number of halogens is 2. The Bertz CT molecular complexity index is 767. The Morgan fingerprint density at radius 1 is 1.24 bits per heavy atom. The molecule has 1 N–H and O–H groups in total. The van der Waals surface area contributed by atoms with Crippen LogP contribution in [0.1, 0.15) is 17.3 Å². The number of benzene rings is 1. The average Bonchev–Trinajstić information content (AvgIpc) is 2.78. The van der Waals surface area contributed by atoms with Crippen molar-refractivity contribution in [2.24, 2.45) is 0 Å². The molecular formula is C13H11Br2NO3S2. The van der Waals surface area contributed by atoms with Gasteiger partial charge in [-0.05, 0) is 62.2 Å². The third kappa shape index (κ3) is 3.94. The molecular weight excluding hydrogens is 442 g/mol. The largest absolute Gasteiger partial charge is 0.322 e. The van der Waals surface area contributed by atoms with Gasteiger partial charge < -0.3 is 5.32 Å². The van der Waals surface area contributed by atoms with Crippen molar-refractivity contribution in [3.63, 3.8) is 0 Å². The number of anilines is 1. The number of hydrogen-bond acceptors (Lipinski definition) is 4. The first kappa shape index (κ1) is 16.7. The normalized spacial score (nSPS) is 11.4. The molecule has 21 heavy (non-hydrogen) atoms. The van der Waals surface area contributed by atoms with Crippen LogP contribution in [0.4, 0.5) is 5.69 Å². The Kier molecular flexibility index (Phi) is 5.24. The molecule has 0 saturated carbocycles. The average molecular weight is 453 g/mol. The highest BCUT2D eigenvalue weighted by Crippen LogP contribution is 2.32. The number of carbonyl (C=O) groups excluding carboxylic acids is 1. The van der Waals surface area contributed by atoms with E-state index in [2.05, 4.69) is 37.2 Å². The first-order valence-corrected chi connectivity index (χ1v) is 9.98. The maximum absolute atomic E-state index is 12.1. The Morgan fingerprint density at radius 2 is 1.86 bits per heavy atom. The summed E-state index contributed by atoms with van der Waals surface area (Å²) in [4.78, 5) is 12.4. The molecule has 0 aliphatic rings. The van der Waals surface area contributed by atoms with Crippen LogP contribution in [0, 0.1) is 0 Å². The van der Waals surface area contributed by atoms with E-state index in [1.165, 1.54) is 23.5 Å². The predicted molar refractivity (Wildman–Crippen MR) is 91.8 cm³/mol. The summed E-state index contributed by atoms with van der Waals surface area (Å²) in [5.74, 6) is -0.205. The summed E-state index contributed by atoms with van der Waals surface area (Å²) < 4.78 is 25.0. The molecule has 1 aromatic heterocycles. The lowest BCUT2D eigenvalue weighted by atomic mass is 10.3. The molecule has 0 bridgehead atoms. The smallest absolute Gasteiger partial charge is 0.257 e. The molecule has 8 heteroatoms. The second-order valence-corrected chi connectivity index (χ2v) is 10.1. The molecule has 0 unspecified atom stereocenters. The molecule has 112 valence electrons. The zero-order valence-electron chi connectivity index (χ0n) is 10.9. The zero-order valence-corrected chi connectivity index (χ0v) is 15.7. The van der Waals surface area contributed by atoms with Gasteiger partial charge in [-0.25, -0.2) is 8.42 Å². The molecule has 1 heterocycles. The minimum Gasteiger partial charge on any atom is -0.322 e. The molecule has 0 atom stereocenters. The first-order chi connectivity index (χ1) is 9.83. The number of sulfone groups is 1. The number of hydrogen-bond donors (Lipinski definition) is 1. The summed E-state index contributed by atoms with van der Waals surface area (Å²) in [6.45, 7) is 1.59. The first-order valence-electron chi connectivity index (χ1n) is 5.92. The quantitative estimate of drug-likeness (QED) is 0.751. The van der Waals surface area contributed by atoms with Gasteiger partial charge in [0.15, 0.2) is 9.84 Å². The minimum atomic E-state index is -3.22. The molecule has 2 aromatic rings. The van der Waals surface area contributed by atoms with Gasteiger partial charge in [0.05, 0.1) is 23.8 Å². The summed E-state index contributed by atoms with van der Waals surface area (Å²) in [6.07, 6.45) is 0. The van der Waals surface area contributed by atoms with Crippen LogP contribution in [0.3, 0.4) is 0 Å². The standard InChI is InChI=1S/C13H11Br2NO3S2/c1-2-21(18,19)9-5-3-8(4-6-9)16-13(17)10-7-11(14)20-12(10)15/h3-7H,2H2,1H3,(H,16,17). The maximum Gasteiger partial charge on any atom is 0.257 e. The topological polar surface area (TPSA) is 63.2 Å². The van der Waals surface area contributed by atoms with Gasteiger partial charge in [0.25, 0.3) is 5.91 Å². The van der Waals surface area contributed by atoms with E-state index < -0.39 is 9.84 Å². The summed E-state index contributed by atoms with van der Waals surface area (Å²) in [6, 6.07) is 7.87. The predicted octanol–water partition coefficient (Wildman–Crippen LogP) is 4.32. The number of amides is 1. The minimum absolute atomic E-state index is 0.0502. The highest BCUT2D eigenvalue weighted by Gasteiger charge is 2.15. The molecule has 0 radical (unpaired) electrons. The van der Waals surface area contributed by atoms with Crippen LogP contribution in [0.2, 0.25) is 0 Å².